The van der Waals surface area contributed by atoms with Crippen LogP contribution in [0.15, 0.2) is 21.9 Å². The van der Waals surface area contributed by atoms with Gasteiger partial charge in [-0.1, -0.05) is 13.8 Å². The quantitative estimate of drug-likeness (QED) is 0.180. The molecule has 0 aromatic carbocycles. The van der Waals surface area contributed by atoms with E-state index >= 15 is 4.39 Å². The Morgan fingerprint density at radius 1 is 1.18 bits per heavy atom. The SMILES string of the molecule is CC(C)[C@]1(O)[C@H](n2ccc(=O)[nH]c2=O)O[C@](F)(COP(=O)(O)OP(=O)(O)OP(=O)(O)O)[C@H]1O. The molecule has 2 unspecified atom stereocenters. The third kappa shape index (κ3) is 6.32. The molecule has 2 rings (SSSR count). The van der Waals surface area contributed by atoms with E-state index < -0.39 is 71.0 Å². The van der Waals surface area contributed by atoms with Gasteiger partial charge in [-0.3, -0.25) is 18.9 Å². The van der Waals surface area contributed by atoms with E-state index in [0.29, 0.717) is 4.57 Å². The minimum Gasteiger partial charge on any atom is -0.384 e. The van der Waals surface area contributed by atoms with Crippen LogP contribution in [0.2, 0.25) is 0 Å². The predicted octanol–water partition coefficient (Wildman–Crippen LogP) is -1.18. The number of ether oxygens (including phenoxy) is 1. The van der Waals surface area contributed by atoms with Crippen molar-refractivity contribution >= 4 is 23.5 Å². The highest BCUT2D eigenvalue weighted by Gasteiger charge is 2.67. The van der Waals surface area contributed by atoms with Crippen molar-refractivity contribution in [1.29, 1.82) is 0 Å². The lowest BCUT2D eigenvalue weighted by atomic mass is 9.82. The normalized spacial score (nSPS) is 31.9. The van der Waals surface area contributed by atoms with E-state index in [1.54, 1.807) is 0 Å². The Morgan fingerprint density at radius 2 is 1.76 bits per heavy atom. The number of aromatic nitrogens is 2. The number of aliphatic hydroxyl groups excluding tert-OH is 1. The maximum atomic E-state index is 15.4. The minimum absolute atomic E-state index is 0.525. The van der Waals surface area contributed by atoms with Crippen molar-refractivity contribution in [3.63, 3.8) is 0 Å². The first kappa shape index (κ1) is 28.1. The van der Waals surface area contributed by atoms with Gasteiger partial charge in [0.15, 0.2) is 6.23 Å². The van der Waals surface area contributed by atoms with Gasteiger partial charge in [0.25, 0.3) is 11.4 Å². The van der Waals surface area contributed by atoms with Crippen LogP contribution in [0.25, 0.3) is 0 Å². The Bertz CT molecular complexity index is 1150. The van der Waals surface area contributed by atoms with E-state index in [9.17, 15) is 38.4 Å². The molecular weight excluding hydrogens is 524 g/mol. The van der Waals surface area contributed by atoms with E-state index in [1.807, 2.05) is 4.98 Å². The molecule has 2 heterocycles. The molecule has 1 fully saturated rings. The first-order valence-electron chi connectivity index (χ1n) is 8.59. The molecule has 6 atom stereocenters. The molecule has 0 bridgehead atoms. The number of halogens is 1. The molecule has 0 saturated carbocycles. The van der Waals surface area contributed by atoms with E-state index in [0.717, 1.165) is 12.3 Å². The van der Waals surface area contributed by atoms with Gasteiger partial charge in [-0.05, 0) is 5.92 Å². The van der Waals surface area contributed by atoms with Crippen LogP contribution in [0.4, 0.5) is 4.39 Å². The number of hydrogen-bond donors (Lipinski definition) is 7. The van der Waals surface area contributed by atoms with Crippen LogP contribution >= 0.6 is 23.5 Å². The first-order valence-corrected chi connectivity index (χ1v) is 13.1. The van der Waals surface area contributed by atoms with Gasteiger partial charge < -0.3 is 34.5 Å². The summed E-state index contributed by atoms with van der Waals surface area (Å²) in [6, 6.07) is 0.822. The summed E-state index contributed by atoms with van der Waals surface area (Å²) in [7, 11) is -17.4. The number of phosphoric ester groups is 1. The van der Waals surface area contributed by atoms with Crippen molar-refractivity contribution in [2.45, 2.75) is 37.6 Å². The Morgan fingerprint density at radius 3 is 2.24 bits per heavy atom. The number of H-pyrrole nitrogens is 1. The monoisotopic (exact) mass is 544 g/mol. The van der Waals surface area contributed by atoms with Gasteiger partial charge in [-0.15, -0.1) is 0 Å². The zero-order valence-electron chi connectivity index (χ0n) is 16.6. The fourth-order valence-electron chi connectivity index (χ4n) is 2.90. The number of alkyl halides is 1. The largest absolute Gasteiger partial charge is 0.490 e. The summed E-state index contributed by atoms with van der Waals surface area (Å²) in [6.07, 6.45) is -3.76. The summed E-state index contributed by atoms with van der Waals surface area (Å²) in [5, 5.41) is 21.4. The maximum Gasteiger partial charge on any atom is 0.490 e. The molecule has 1 aromatic rings. The molecule has 1 aliphatic rings. The van der Waals surface area contributed by atoms with Gasteiger partial charge in [0.1, 0.15) is 18.3 Å². The van der Waals surface area contributed by atoms with Gasteiger partial charge in [0.2, 0.25) is 0 Å². The molecule has 7 N–H and O–H groups in total. The van der Waals surface area contributed by atoms with Gasteiger partial charge >= 0.3 is 29.2 Å². The van der Waals surface area contributed by atoms with E-state index in [2.05, 4.69) is 13.1 Å². The lowest BCUT2D eigenvalue weighted by molar-refractivity contribution is -0.205. The molecular formula is C12H20FN2O15P3. The molecule has 33 heavy (non-hydrogen) atoms. The highest BCUT2D eigenvalue weighted by molar-refractivity contribution is 7.66. The average molecular weight is 544 g/mol. The fraction of sp³-hybridized carbons (Fsp3) is 0.667. The van der Waals surface area contributed by atoms with Crippen LogP contribution in [0.3, 0.4) is 0 Å². The van der Waals surface area contributed by atoms with Crippen molar-refractivity contribution in [3.05, 3.63) is 33.1 Å². The maximum absolute atomic E-state index is 15.4. The van der Waals surface area contributed by atoms with Crippen molar-refractivity contribution in [1.82, 2.24) is 9.55 Å². The molecule has 0 radical (unpaired) electrons. The van der Waals surface area contributed by atoms with Gasteiger partial charge in [0.05, 0.1) is 0 Å². The summed E-state index contributed by atoms with van der Waals surface area (Å²) < 4.78 is 65.8. The average Bonchev–Trinajstić information content (AvgIpc) is 2.80. The Labute approximate surface area is 182 Å². The molecule has 17 nitrogen and oxygen atoms in total. The zero-order chi connectivity index (χ0) is 25.6. The minimum atomic E-state index is -5.90. The summed E-state index contributed by atoms with van der Waals surface area (Å²) in [5.41, 5.74) is -4.60. The van der Waals surface area contributed by atoms with Crippen LogP contribution in [-0.4, -0.2) is 63.5 Å². The number of phosphoric acid groups is 3. The van der Waals surface area contributed by atoms with Crippen molar-refractivity contribution in [3.8, 4) is 0 Å². The number of nitrogens with one attached hydrogen (secondary N) is 1. The van der Waals surface area contributed by atoms with Gasteiger partial charge in [-0.25, -0.2) is 22.9 Å². The first-order chi connectivity index (χ1) is 14.7. The summed E-state index contributed by atoms with van der Waals surface area (Å²) in [4.78, 5) is 60.8. The number of aliphatic hydroxyl groups is 2. The lowest BCUT2D eigenvalue weighted by Gasteiger charge is -2.35. The van der Waals surface area contributed by atoms with E-state index in [-0.39, 0.29) is 0 Å². The molecule has 190 valence electrons. The van der Waals surface area contributed by atoms with Crippen LogP contribution < -0.4 is 11.2 Å². The summed E-state index contributed by atoms with van der Waals surface area (Å²) in [6.45, 7) is 0.830. The molecule has 1 aromatic heterocycles. The number of rotatable bonds is 9. The smallest absolute Gasteiger partial charge is 0.384 e. The van der Waals surface area contributed by atoms with Gasteiger partial charge in [0, 0.05) is 12.3 Å². The summed E-state index contributed by atoms with van der Waals surface area (Å²) >= 11 is 0. The Kier molecular flexibility index (Phi) is 7.82. The van der Waals surface area contributed by atoms with Crippen molar-refractivity contribution in [2.24, 2.45) is 5.92 Å². The number of hydrogen-bond acceptors (Lipinski definition) is 11. The summed E-state index contributed by atoms with van der Waals surface area (Å²) in [5.74, 6) is -4.59. The third-order valence-corrected chi connectivity index (χ3v) is 8.20. The second-order valence-electron chi connectivity index (χ2n) is 7.08. The predicted molar refractivity (Wildman–Crippen MR) is 101 cm³/mol. The molecule has 1 saturated heterocycles. The van der Waals surface area contributed by atoms with Crippen LogP contribution in [0.5, 0.6) is 0 Å². The number of nitrogens with zero attached hydrogens (tertiary/aromatic N) is 1. The Hall–Kier alpha value is -1.10. The van der Waals surface area contributed by atoms with Crippen LogP contribution in [-0.2, 0) is 31.6 Å². The van der Waals surface area contributed by atoms with Crippen molar-refractivity contribution in [2.75, 3.05) is 6.61 Å². The topological polar surface area (TPSA) is 264 Å². The van der Waals surface area contributed by atoms with Crippen LogP contribution in [0.1, 0.15) is 20.1 Å². The lowest BCUT2D eigenvalue weighted by Crippen LogP contribution is -2.55. The Balaban J connectivity index is 2.32. The molecule has 0 spiro atoms. The highest BCUT2D eigenvalue weighted by Crippen LogP contribution is 2.66. The second kappa shape index (κ2) is 9.17. The van der Waals surface area contributed by atoms with Crippen molar-refractivity contribution < 1.29 is 65.8 Å². The van der Waals surface area contributed by atoms with E-state index in [4.69, 9.17) is 19.4 Å². The number of aromatic amines is 1. The molecule has 1 aliphatic heterocycles. The molecule has 0 amide bonds. The van der Waals surface area contributed by atoms with Gasteiger partial charge in [-0.2, -0.15) is 8.62 Å². The van der Waals surface area contributed by atoms with Crippen LogP contribution in [0, 0.1) is 5.92 Å². The fourth-order valence-corrected chi connectivity index (χ4v) is 5.94. The molecule has 0 aliphatic carbocycles. The van der Waals surface area contributed by atoms with E-state index in [1.165, 1.54) is 13.8 Å². The third-order valence-electron chi connectivity index (χ3n) is 4.42. The second-order valence-corrected chi connectivity index (χ2v) is 11.5. The highest BCUT2D eigenvalue weighted by atomic mass is 31.3. The zero-order valence-corrected chi connectivity index (χ0v) is 19.3. The standard InChI is InChI=1S/C12H20FN2O15P3/c1-6(2)12(19)8(17)11(13,28-9(12)15-4-3-7(16)14-10(15)18)5-27-32(23,24)30-33(25,26)29-31(20,21)22/h3-4,6,8-9,17,19H,5H2,1-2H3,(H,23,24)(H,25,26)(H,14,16,18)(H2,20,21,22)/t8-,9-,11-,12-/m1/s1. The molecule has 21 heteroatoms.